The fourth-order valence-corrected chi connectivity index (χ4v) is 3.46. The number of fused-ring (bicyclic) bond motifs is 1. The predicted octanol–water partition coefficient (Wildman–Crippen LogP) is 1.30. The molecule has 1 aliphatic heterocycles. The Morgan fingerprint density at radius 1 is 1.07 bits per heavy atom. The molecule has 1 saturated heterocycles. The monoisotopic (exact) mass is 379 g/mol. The average molecular weight is 379 g/mol. The van der Waals surface area contributed by atoms with E-state index in [4.69, 9.17) is 4.74 Å². The Labute approximate surface area is 162 Å². The number of ether oxygens (including phenoxy) is 1. The van der Waals surface area contributed by atoms with E-state index in [1.165, 1.54) is 4.57 Å². The van der Waals surface area contributed by atoms with Crippen LogP contribution in [0.15, 0.2) is 47.4 Å². The van der Waals surface area contributed by atoms with E-state index in [0.29, 0.717) is 54.5 Å². The molecule has 0 N–H and O–H groups in total. The Morgan fingerprint density at radius 2 is 1.82 bits per heavy atom. The van der Waals surface area contributed by atoms with Crippen molar-refractivity contribution in [1.82, 2.24) is 19.4 Å². The van der Waals surface area contributed by atoms with Crippen LogP contribution in [0.3, 0.4) is 0 Å². The first-order valence-corrected chi connectivity index (χ1v) is 9.09. The normalized spacial score (nSPS) is 14.4. The number of anilines is 1. The van der Waals surface area contributed by atoms with E-state index >= 15 is 0 Å². The van der Waals surface area contributed by atoms with Crippen molar-refractivity contribution in [3.8, 4) is 5.75 Å². The van der Waals surface area contributed by atoms with E-state index in [-0.39, 0.29) is 11.5 Å². The van der Waals surface area contributed by atoms with Crippen LogP contribution in [0.5, 0.6) is 5.75 Å². The zero-order chi connectivity index (χ0) is 19.7. The van der Waals surface area contributed by atoms with Crippen LogP contribution < -0.4 is 15.2 Å². The van der Waals surface area contributed by atoms with Crippen LogP contribution >= 0.6 is 0 Å². The molecular weight excluding hydrogens is 358 g/mol. The molecule has 1 fully saturated rings. The fraction of sp³-hybridized carbons (Fsp3) is 0.300. The fourth-order valence-electron chi connectivity index (χ4n) is 3.46. The van der Waals surface area contributed by atoms with E-state index in [9.17, 15) is 9.59 Å². The Hall–Kier alpha value is -3.42. The van der Waals surface area contributed by atoms with Gasteiger partial charge in [-0.25, -0.2) is 9.97 Å². The summed E-state index contributed by atoms with van der Waals surface area (Å²) in [5, 5.41) is 0. The number of nitrogens with zero attached hydrogens (tertiary/aromatic N) is 5. The summed E-state index contributed by atoms with van der Waals surface area (Å²) in [4.78, 5) is 38.0. The summed E-state index contributed by atoms with van der Waals surface area (Å²) >= 11 is 0. The maximum atomic E-state index is 12.9. The standard InChI is InChI=1S/C20H21N5O3/c1-23-17-15(7-5-9-21-17)22-18(20(23)27)24-10-12-25(13-11-24)19(26)14-6-3-4-8-16(14)28-2/h3-9H,10-13H2,1-2H3. The molecular formula is C20H21N5O3. The zero-order valence-electron chi connectivity index (χ0n) is 15.8. The SMILES string of the molecule is COc1ccccc1C(=O)N1CCN(c2nc3cccnc3n(C)c2=O)CC1. The predicted molar refractivity (Wildman–Crippen MR) is 106 cm³/mol. The molecule has 3 heterocycles. The number of pyridine rings is 1. The van der Waals surface area contributed by atoms with Gasteiger partial charge < -0.3 is 14.5 Å². The van der Waals surface area contributed by atoms with Crippen molar-refractivity contribution in [1.29, 1.82) is 0 Å². The van der Waals surface area contributed by atoms with Gasteiger partial charge in [0.15, 0.2) is 11.5 Å². The lowest BCUT2D eigenvalue weighted by Gasteiger charge is -2.35. The minimum atomic E-state index is -0.185. The van der Waals surface area contributed by atoms with Gasteiger partial charge in [-0.05, 0) is 24.3 Å². The summed E-state index contributed by atoms with van der Waals surface area (Å²) in [5.41, 5.74) is 1.59. The van der Waals surface area contributed by atoms with Crippen LogP contribution in [0.25, 0.3) is 11.2 Å². The molecule has 0 saturated carbocycles. The summed E-state index contributed by atoms with van der Waals surface area (Å²) < 4.78 is 6.82. The number of para-hydroxylation sites is 1. The highest BCUT2D eigenvalue weighted by molar-refractivity contribution is 5.97. The number of hydrogen-bond donors (Lipinski definition) is 0. The zero-order valence-corrected chi connectivity index (χ0v) is 15.8. The van der Waals surface area contributed by atoms with Crippen LogP contribution in [-0.4, -0.2) is 58.6 Å². The summed E-state index contributed by atoms with van der Waals surface area (Å²) in [6.07, 6.45) is 1.64. The molecule has 28 heavy (non-hydrogen) atoms. The number of carbonyl (C=O) groups is 1. The van der Waals surface area contributed by atoms with Gasteiger partial charge in [-0.3, -0.25) is 14.2 Å². The second-order valence-electron chi connectivity index (χ2n) is 6.63. The van der Waals surface area contributed by atoms with Crippen LogP contribution in [0.1, 0.15) is 10.4 Å². The Bertz CT molecular complexity index is 1090. The third-order valence-electron chi connectivity index (χ3n) is 5.01. The summed E-state index contributed by atoms with van der Waals surface area (Å²) in [6, 6.07) is 10.8. The van der Waals surface area contributed by atoms with Crippen molar-refractivity contribution < 1.29 is 9.53 Å². The van der Waals surface area contributed by atoms with Gasteiger partial charge in [-0.1, -0.05) is 12.1 Å². The largest absolute Gasteiger partial charge is 0.496 e. The van der Waals surface area contributed by atoms with Gasteiger partial charge in [-0.2, -0.15) is 0 Å². The molecule has 0 spiro atoms. The van der Waals surface area contributed by atoms with Crippen LogP contribution in [0, 0.1) is 0 Å². The Balaban J connectivity index is 1.55. The first-order valence-electron chi connectivity index (χ1n) is 9.09. The van der Waals surface area contributed by atoms with Crippen LogP contribution in [-0.2, 0) is 7.05 Å². The number of piperazine rings is 1. The maximum absolute atomic E-state index is 12.9. The molecule has 144 valence electrons. The first-order chi connectivity index (χ1) is 13.6. The summed E-state index contributed by atoms with van der Waals surface area (Å²) in [7, 11) is 3.25. The molecule has 1 amide bonds. The molecule has 1 aromatic carbocycles. The first kappa shape index (κ1) is 18.0. The van der Waals surface area contributed by atoms with E-state index in [1.54, 1.807) is 43.5 Å². The second kappa shape index (κ2) is 7.30. The van der Waals surface area contributed by atoms with Gasteiger partial charge >= 0.3 is 0 Å². The topological polar surface area (TPSA) is 80.6 Å². The molecule has 3 aromatic rings. The van der Waals surface area contributed by atoms with E-state index in [2.05, 4.69) is 9.97 Å². The number of rotatable bonds is 3. The smallest absolute Gasteiger partial charge is 0.294 e. The minimum absolute atomic E-state index is 0.0688. The third-order valence-corrected chi connectivity index (χ3v) is 5.01. The van der Waals surface area contributed by atoms with Gasteiger partial charge in [0.1, 0.15) is 11.3 Å². The lowest BCUT2D eigenvalue weighted by molar-refractivity contribution is 0.0743. The second-order valence-corrected chi connectivity index (χ2v) is 6.63. The molecule has 8 heteroatoms. The Kier molecular flexibility index (Phi) is 4.68. The highest BCUT2D eigenvalue weighted by Gasteiger charge is 2.26. The molecule has 8 nitrogen and oxygen atoms in total. The van der Waals surface area contributed by atoms with Crippen molar-refractivity contribution in [3.05, 3.63) is 58.5 Å². The van der Waals surface area contributed by atoms with E-state index in [0.717, 1.165) is 0 Å². The average Bonchev–Trinajstić information content (AvgIpc) is 2.76. The molecule has 0 bridgehead atoms. The van der Waals surface area contributed by atoms with Gasteiger partial charge in [0, 0.05) is 39.4 Å². The highest BCUT2D eigenvalue weighted by Crippen LogP contribution is 2.21. The van der Waals surface area contributed by atoms with E-state index < -0.39 is 0 Å². The van der Waals surface area contributed by atoms with Crippen molar-refractivity contribution in [3.63, 3.8) is 0 Å². The number of methoxy groups -OCH3 is 1. The summed E-state index contributed by atoms with van der Waals surface area (Å²) in [5.74, 6) is 0.889. The third kappa shape index (κ3) is 3.06. The highest BCUT2D eigenvalue weighted by atomic mass is 16.5. The number of carbonyl (C=O) groups excluding carboxylic acids is 1. The van der Waals surface area contributed by atoms with Gasteiger partial charge in [-0.15, -0.1) is 0 Å². The van der Waals surface area contributed by atoms with Crippen molar-refractivity contribution in [2.24, 2.45) is 7.05 Å². The lowest BCUT2D eigenvalue weighted by atomic mass is 10.1. The van der Waals surface area contributed by atoms with Crippen LogP contribution in [0.4, 0.5) is 5.82 Å². The lowest BCUT2D eigenvalue weighted by Crippen LogP contribution is -2.50. The van der Waals surface area contributed by atoms with Crippen molar-refractivity contribution >= 4 is 22.9 Å². The molecule has 4 rings (SSSR count). The number of benzene rings is 1. The molecule has 0 unspecified atom stereocenters. The summed E-state index contributed by atoms with van der Waals surface area (Å²) in [6.45, 7) is 2.09. The molecule has 0 aliphatic carbocycles. The molecule has 2 aromatic heterocycles. The molecule has 0 radical (unpaired) electrons. The number of aryl methyl sites for hydroxylation is 1. The maximum Gasteiger partial charge on any atom is 0.294 e. The van der Waals surface area contributed by atoms with E-state index in [1.807, 2.05) is 23.1 Å². The van der Waals surface area contributed by atoms with Crippen molar-refractivity contribution in [2.45, 2.75) is 0 Å². The minimum Gasteiger partial charge on any atom is -0.496 e. The molecule has 0 atom stereocenters. The Morgan fingerprint density at radius 3 is 2.57 bits per heavy atom. The number of hydrogen-bond acceptors (Lipinski definition) is 6. The number of amides is 1. The quantitative estimate of drug-likeness (QED) is 0.682. The number of aromatic nitrogens is 3. The molecule has 1 aliphatic rings. The van der Waals surface area contributed by atoms with Gasteiger partial charge in [0.05, 0.1) is 12.7 Å². The van der Waals surface area contributed by atoms with Gasteiger partial charge in [0.2, 0.25) is 0 Å². The van der Waals surface area contributed by atoms with Crippen molar-refractivity contribution in [2.75, 3.05) is 38.2 Å². The van der Waals surface area contributed by atoms with Crippen LogP contribution in [0.2, 0.25) is 0 Å². The van der Waals surface area contributed by atoms with Gasteiger partial charge in [0.25, 0.3) is 11.5 Å².